The third kappa shape index (κ3) is 3.40. The van der Waals surface area contributed by atoms with Crippen LogP contribution in [0, 0.1) is 11.8 Å². The second-order valence-corrected chi connectivity index (χ2v) is 7.19. The Morgan fingerprint density at radius 1 is 1.37 bits per heavy atom. The Kier molecular flexibility index (Phi) is 5.06. The molecule has 1 aliphatic heterocycles. The van der Waals surface area contributed by atoms with Crippen molar-refractivity contribution in [3.8, 4) is 0 Å². The molecule has 0 saturated carbocycles. The molecule has 1 amide bonds. The van der Waals surface area contributed by atoms with Crippen LogP contribution in [0.2, 0.25) is 0 Å². The summed E-state index contributed by atoms with van der Waals surface area (Å²) in [7, 11) is 3.51. The van der Waals surface area contributed by atoms with E-state index in [0.717, 1.165) is 17.9 Å². The summed E-state index contributed by atoms with van der Waals surface area (Å²) in [5.74, 6) is -0.751. The highest BCUT2D eigenvalue weighted by Crippen LogP contribution is 2.29. The van der Waals surface area contributed by atoms with E-state index in [0.29, 0.717) is 0 Å². The van der Waals surface area contributed by atoms with Gasteiger partial charge in [0, 0.05) is 24.1 Å². The monoisotopic (exact) mass is 300 g/mol. The number of rotatable bonds is 4. The molecule has 2 atom stereocenters. The Morgan fingerprint density at radius 3 is 2.58 bits per heavy atom. The molecule has 7 heteroatoms. The number of nitrogens with one attached hydrogen (secondary N) is 1. The molecule has 3 N–H and O–H groups in total. The zero-order valence-electron chi connectivity index (χ0n) is 10.3. The van der Waals surface area contributed by atoms with Crippen LogP contribution in [0.25, 0.3) is 0 Å². The molecule has 1 aliphatic carbocycles. The van der Waals surface area contributed by atoms with Crippen LogP contribution in [0.1, 0.15) is 6.42 Å². The molecule has 104 valence electrons. The van der Waals surface area contributed by atoms with Crippen LogP contribution in [0.3, 0.4) is 0 Å². The predicted molar refractivity (Wildman–Crippen MR) is 76.7 cm³/mol. The molecule has 1 heterocycles. The van der Waals surface area contributed by atoms with Crippen LogP contribution in [0.5, 0.6) is 0 Å². The summed E-state index contributed by atoms with van der Waals surface area (Å²) in [4.78, 5) is 35.4. The fourth-order valence-corrected chi connectivity index (χ4v) is 4.62. The van der Waals surface area contributed by atoms with Crippen molar-refractivity contribution in [2.75, 3.05) is 18.1 Å². The molecule has 1 fully saturated rings. The first kappa shape index (κ1) is 14.6. The van der Waals surface area contributed by atoms with Gasteiger partial charge in [-0.2, -0.15) is 0 Å². The summed E-state index contributed by atoms with van der Waals surface area (Å²) in [5.41, 5.74) is 5.58. The third-order valence-electron chi connectivity index (χ3n) is 3.27. The van der Waals surface area contributed by atoms with Crippen molar-refractivity contribution in [3.63, 3.8) is 0 Å². The topological polar surface area (TPSA) is 89.3 Å². The van der Waals surface area contributed by atoms with Crippen LogP contribution < -0.4 is 11.1 Å². The molecule has 0 aromatic rings. The first-order valence-corrected chi connectivity index (χ1v) is 8.63. The minimum atomic E-state index is -0.921. The summed E-state index contributed by atoms with van der Waals surface area (Å²) in [6, 6.07) is 0.104. The predicted octanol–water partition coefficient (Wildman–Crippen LogP) is 0.155. The van der Waals surface area contributed by atoms with Gasteiger partial charge in [-0.05, 0) is 18.6 Å². The van der Waals surface area contributed by atoms with Gasteiger partial charge >= 0.3 is 0 Å². The van der Waals surface area contributed by atoms with Crippen molar-refractivity contribution >= 4 is 39.1 Å². The number of nitrogens with two attached hydrogens (primary N) is 1. The average molecular weight is 300 g/mol. The number of ketones is 2. The maximum absolute atomic E-state index is 12.2. The highest BCUT2D eigenvalue weighted by atomic mass is 33.1. The van der Waals surface area contributed by atoms with Gasteiger partial charge in [0.05, 0.1) is 11.8 Å². The van der Waals surface area contributed by atoms with E-state index in [9.17, 15) is 14.4 Å². The molecule has 2 aliphatic rings. The van der Waals surface area contributed by atoms with Gasteiger partial charge < -0.3 is 11.1 Å². The van der Waals surface area contributed by atoms with E-state index >= 15 is 0 Å². The van der Waals surface area contributed by atoms with Crippen molar-refractivity contribution in [2.24, 2.45) is 17.6 Å². The van der Waals surface area contributed by atoms with E-state index in [-0.39, 0.29) is 30.1 Å². The maximum atomic E-state index is 12.2. The third-order valence-corrected chi connectivity index (χ3v) is 5.78. The van der Waals surface area contributed by atoms with E-state index in [1.165, 1.54) is 12.2 Å². The van der Waals surface area contributed by atoms with E-state index in [2.05, 4.69) is 5.32 Å². The molecule has 5 nitrogen and oxygen atoms in total. The van der Waals surface area contributed by atoms with Crippen LogP contribution in [0.4, 0.5) is 0 Å². The van der Waals surface area contributed by atoms with Crippen molar-refractivity contribution < 1.29 is 14.4 Å². The molecule has 0 bridgehead atoms. The van der Waals surface area contributed by atoms with Crippen LogP contribution >= 0.6 is 21.6 Å². The molecule has 2 rings (SSSR count). The molecule has 1 unspecified atom stereocenters. The second-order valence-electron chi connectivity index (χ2n) is 4.56. The van der Waals surface area contributed by atoms with Gasteiger partial charge in [-0.25, -0.2) is 0 Å². The molecule has 0 aromatic carbocycles. The van der Waals surface area contributed by atoms with Gasteiger partial charge in [0.15, 0.2) is 11.6 Å². The number of hydrogen-bond acceptors (Lipinski definition) is 6. The van der Waals surface area contributed by atoms with E-state index in [1.807, 2.05) is 0 Å². The normalized spacial score (nSPS) is 25.6. The Hall–Kier alpha value is -0.790. The highest BCUT2D eigenvalue weighted by Gasteiger charge is 2.39. The Morgan fingerprint density at radius 2 is 2.05 bits per heavy atom. The standard InChI is InChI=1S/C12H16N2O3S2/c13-5-8(11-9(15)1-2-10(11)16)12(17)14-7-3-4-18-19-6-7/h1-2,7-8,11H,3-6,13H2,(H,14,17)/t7?,8-/m1/s1. The average Bonchev–Trinajstić information content (AvgIpc) is 2.73. The van der Waals surface area contributed by atoms with E-state index in [1.54, 1.807) is 21.6 Å². The van der Waals surface area contributed by atoms with Gasteiger partial charge in [0.25, 0.3) is 0 Å². The first-order valence-electron chi connectivity index (χ1n) is 6.14. The summed E-state index contributed by atoms with van der Waals surface area (Å²) >= 11 is 0. The summed E-state index contributed by atoms with van der Waals surface area (Å²) in [6.45, 7) is 0.00424. The lowest BCUT2D eigenvalue weighted by Gasteiger charge is -2.25. The van der Waals surface area contributed by atoms with Gasteiger partial charge in [0.1, 0.15) is 0 Å². The van der Waals surface area contributed by atoms with E-state index in [4.69, 9.17) is 5.73 Å². The summed E-state index contributed by atoms with van der Waals surface area (Å²) in [6.07, 6.45) is 3.37. The fraction of sp³-hybridized carbons (Fsp3) is 0.583. The maximum Gasteiger partial charge on any atom is 0.225 e. The Bertz CT molecular complexity index is 401. The number of carbonyl (C=O) groups is 3. The number of allylic oxidation sites excluding steroid dienone is 2. The Balaban J connectivity index is 1.98. The smallest absolute Gasteiger partial charge is 0.225 e. The Labute approximate surface area is 119 Å². The minimum Gasteiger partial charge on any atom is -0.352 e. The molecule has 1 saturated heterocycles. The van der Waals surface area contributed by atoms with Gasteiger partial charge in [-0.1, -0.05) is 21.6 Å². The number of hydrogen-bond donors (Lipinski definition) is 2. The van der Waals surface area contributed by atoms with Crippen molar-refractivity contribution in [2.45, 2.75) is 12.5 Å². The number of carbonyl (C=O) groups excluding carboxylic acids is 3. The lowest BCUT2D eigenvalue weighted by Crippen LogP contribution is -2.47. The number of amides is 1. The van der Waals surface area contributed by atoms with Gasteiger partial charge in [-0.15, -0.1) is 0 Å². The molecule has 0 radical (unpaired) electrons. The quantitative estimate of drug-likeness (QED) is 0.568. The van der Waals surface area contributed by atoms with Crippen molar-refractivity contribution in [1.29, 1.82) is 0 Å². The van der Waals surface area contributed by atoms with Gasteiger partial charge in [0.2, 0.25) is 5.91 Å². The zero-order valence-corrected chi connectivity index (χ0v) is 12.0. The van der Waals surface area contributed by atoms with Crippen LogP contribution in [-0.4, -0.2) is 41.6 Å². The summed E-state index contributed by atoms with van der Waals surface area (Å²) < 4.78 is 0. The van der Waals surface area contributed by atoms with Crippen molar-refractivity contribution in [1.82, 2.24) is 5.32 Å². The summed E-state index contributed by atoms with van der Waals surface area (Å²) in [5, 5.41) is 2.90. The minimum absolute atomic E-state index is 0.00424. The SMILES string of the molecule is NC[C@@H](C(=O)NC1CCSSC1)C1C(=O)C=CC1=O. The van der Waals surface area contributed by atoms with Crippen molar-refractivity contribution in [3.05, 3.63) is 12.2 Å². The zero-order chi connectivity index (χ0) is 13.8. The fourth-order valence-electron chi connectivity index (χ4n) is 2.19. The molecule has 0 aromatic heterocycles. The van der Waals surface area contributed by atoms with Gasteiger partial charge in [-0.3, -0.25) is 14.4 Å². The van der Waals surface area contributed by atoms with E-state index < -0.39 is 11.8 Å². The second kappa shape index (κ2) is 6.58. The lowest BCUT2D eigenvalue weighted by molar-refractivity contribution is -0.136. The lowest BCUT2D eigenvalue weighted by atomic mass is 9.87. The molecular weight excluding hydrogens is 284 g/mol. The molecule has 0 spiro atoms. The largest absolute Gasteiger partial charge is 0.352 e. The van der Waals surface area contributed by atoms with Crippen LogP contribution in [-0.2, 0) is 14.4 Å². The first-order chi connectivity index (χ1) is 9.13. The van der Waals surface area contributed by atoms with Crippen LogP contribution in [0.15, 0.2) is 12.2 Å². The highest BCUT2D eigenvalue weighted by molar-refractivity contribution is 8.76. The molecule has 19 heavy (non-hydrogen) atoms. The molecular formula is C12H16N2O3S2.